The van der Waals surface area contributed by atoms with Crippen molar-refractivity contribution < 1.29 is 0 Å². The normalized spacial score (nSPS) is 19.7. The van der Waals surface area contributed by atoms with Gasteiger partial charge in [0.15, 0.2) is 0 Å². The Morgan fingerprint density at radius 3 is 2.43 bits per heavy atom. The first-order chi connectivity index (χ1) is 6.68. The van der Waals surface area contributed by atoms with E-state index in [1.165, 1.54) is 51.6 Å². The molecule has 1 N–H and O–H groups in total. The Morgan fingerprint density at radius 1 is 1.29 bits per heavy atom. The molecule has 1 aliphatic carbocycles. The lowest BCUT2D eigenvalue weighted by molar-refractivity contribution is 0.124. The van der Waals surface area contributed by atoms with Crippen LogP contribution in [0.2, 0.25) is 0 Å². The molecule has 0 heterocycles. The highest BCUT2D eigenvalue weighted by atomic mass is 14.9. The average Bonchev–Trinajstić information content (AvgIpc) is 2.08. The van der Waals surface area contributed by atoms with Gasteiger partial charge in [-0.3, -0.25) is 0 Å². The predicted octanol–water partition coefficient (Wildman–Crippen LogP) is 3.59. The number of hydrogen-bond acceptors (Lipinski definition) is 1. The van der Waals surface area contributed by atoms with Crippen molar-refractivity contribution in [3.63, 3.8) is 0 Å². The molecule has 0 aromatic carbocycles. The third-order valence-electron chi connectivity index (χ3n) is 3.80. The zero-order chi connectivity index (χ0) is 10.4. The summed E-state index contributed by atoms with van der Waals surface area (Å²) in [6.07, 6.45) is 8.46. The van der Waals surface area contributed by atoms with Gasteiger partial charge in [0.25, 0.3) is 0 Å². The zero-order valence-corrected chi connectivity index (χ0v) is 10.2. The maximum atomic E-state index is 3.63. The van der Waals surface area contributed by atoms with E-state index >= 15 is 0 Å². The first-order valence-corrected chi connectivity index (χ1v) is 6.39. The van der Waals surface area contributed by atoms with Gasteiger partial charge in [-0.25, -0.2) is 0 Å². The minimum absolute atomic E-state index is 0.692. The van der Waals surface area contributed by atoms with Gasteiger partial charge in [0.1, 0.15) is 0 Å². The van der Waals surface area contributed by atoms with Crippen LogP contribution in [0.15, 0.2) is 0 Å². The molecule has 0 atom stereocenters. The Labute approximate surface area is 89.7 Å². The molecule has 14 heavy (non-hydrogen) atoms. The Bertz CT molecular complexity index is 142. The van der Waals surface area contributed by atoms with Crippen LogP contribution >= 0.6 is 0 Å². The Balaban J connectivity index is 1.97. The Hall–Kier alpha value is -0.0400. The average molecular weight is 197 g/mol. The van der Waals surface area contributed by atoms with E-state index in [1.807, 2.05) is 0 Å². The van der Waals surface area contributed by atoms with Crippen LogP contribution in [0.5, 0.6) is 0 Å². The van der Waals surface area contributed by atoms with E-state index < -0.39 is 0 Å². The van der Waals surface area contributed by atoms with Crippen LogP contribution in [0.3, 0.4) is 0 Å². The zero-order valence-electron chi connectivity index (χ0n) is 10.2. The molecule has 84 valence electrons. The van der Waals surface area contributed by atoms with Gasteiger partial charge in [-0.15, -0.1) is 0 Å². The molecule has 1 aliphatic rings. The van der Waals surface area contributed by atoms with Crippen molar-refractivity contribution in [1.29, 1.82) is 0 Å². The summed E-state index contributed by atoms with van der Waals surface area (Å²) in [5.41, 5.74) is 0.692. The lowest BCUT2D eigenvalue weighted by Gasteiger charge is -2.41. The molecule has 0 aromatic rings. The molecule has 1 fully saturated rings. The SMILES string of the molecule is CCC1(CNCCCC(C)C)CCC1. The van der Waals surface area contributed by atoms with E-state index in [-0.39, 0.29) is 0 Å². The summed E-state index contributed by atoms with van der Waals surface area (Å²) in [5.74, 6) is 0.862. The van der Waals surface area contributed by atoms with Crippen LogP contribution in [-0.2, 0) is 0 Å². The van der Waals surface area contributed by atoms with Crippen molar-refractivity contribution in [2.75, 3.05) is 13.1 Å². The van der Waals surface area contributed by atoms with Crippen molar-refractivity contribution in [3.05, 3.63) is 0 Å². The van der Waals surface area contributed by atoms with Crippen LogP contribution in [0.1, 0.15) is 59.3 Å². The quantitative estimate of drug-likeness (QED) is 0.615. The molecule has 1 saturated carbocycles. The summed E-state index contributed by atoms with van der Waals surface area (Å²) in [4.78, 5) is 0. The van der Waals surface area contributed by atoms with Crippen LogP contribution in [0.4, 0.5) is 0 Å². The van der Waals surface area contributed by atoms with Crippen molar-refractivity contribution in [1.82, 2.24) is 5.32 Å². The van der Waals surface area contributed by atoms with E-state index in [1.54, 1.807) is 0 Å². The first-order valence-electron chi connectivity index (χ1n) is 6.39. The van der Waals surface area contributed by atoms with Crippen molar-refractivity contribution in [3.8, 4) is 0 Å². The molecular weight excluding hydrogens is 170 g/mol. The minimum atomic E-state index is 0.692. The maximum Gasteiger partial charge on any atom is 0.000770 e. The van der Waals surface area contributed by atoms with E-state index in [0.717, 1.165) is 5.92 Å². The van der Waals surface area contributed by atoms with Crippen LogP contribution in [0.25, 0.3) is 0 Å². The molecule has 1 rings (SSSR count). The molecule has 0 bridgehead atoms. The number of rotatable bonds is 7. The van der Waals surface area contributed by atoms with Gasteiger partial charge < -0.3 is 5.32 Å². The van der Waals surface area contributed by atoms with Gasteiger partial charge in [-0.2, -0.15) is 0 Å². The first kappa shape index (κ1) is 12.0. The largest absolute Gasteiger partial charge is 0.316 e. The summed E-state index contributed by atoms with van der Waals surface area (Å²) >= 11 is 0. The van der Waals surface area contributed by atoms with Gasteiger partial charge in [0, 0.05) is 6.54 Å². The monoisotopic (exact) mass is 197 g/mol. The summed E-state index contributed by atoms with van der Waals surface area (Å²) in [6, 6.07) is 0. The summed E-state index contributed by atoms with van der Waals surface area (Å²) < 4.78 is 0. The van der Waals surface area contributed by atoms with E-state index in [0.29, 0.717) is 5.41 Å². The lowest BCUT2D eigenvalue weighted by Crippen LogP contribution is -2.39. The molecule has 0 aliphatic heterocycles. The van der Waals surface area contributed by atoms with Crippen molar-refractivity contribution in [2.24, 2.45) is 11.3 Å². The summed E-state index contributed by atoms with van der Waals surface area (Å²) in [5, 5.41) is 3.63. The molecule has 0 spiro atoms. The van der Waals surface area contributed by atoms with Gasteiger partial charge >= 0.3 is 0 Å². The third-order valence-corrected chi connectivity index (χ3v) is 3.80. The molecular formula is C13H27N. The smallest absolute Gasteiger partial charge is 0.000770 e. The van der Waals surface area contributed by atoms with E-state index in [2.05, 4.69) is 26.1 Å². The second-order valence-corrected chi connectivity index (χ2v) is 5.42. The highest BCUT2D eigenvalue weighted by molar-refractivity contribution is 4.88. The summed E-state index contributed by atoms with van der Waals surface area (Å²) in [6.45, 7) is 9.44. The molecule has 0 saturated heterocycles. The second kappa shape index (κ2) is 5.75. The topological polar surface area (TPSA) is 12.0 Å². The molecule has 0 aromatic heterocycles. The van der Waals surface area contributed by atoms with Crippen molar-refractivity contribution >= 4 is 0 Å². The number of hydrogen-bond donors (Lipinski definition) is 1. The molecule has 0 radical (unpaired) electrons. The highest BCUT2D eigenvalue weighted by Crippen LogP contribution is 2.42. The Kier molecular flexibility index (Phi) is 4.94. The van der Waals surface area contributed by atoms with Gasteiger partial charge in [0.05, 0.1) is 0 Å². The molecule has 0 unspecified atom stereocenters. The summed E-state index contributed by atoms with van der Waals surface area (Å²) in [7, 11) is 0. The van der Waals surface area contributed by atoms with Crippen LogP contribution in [0, 0.1) is 11.3 Å². The van der Waals surface area contributed by atoms with E-state index in [4.69, 9.17) is 0 Å². The Morgan fingerprint density at radius 2 is 2.00 bits per heavy atom. The van der Waals surface area contributed by atoms with Crippen molar-refractivity contribution in [2.45, 2.75) is 59.3 Å². The standard InChI is InChI=1S/C13H27N/c1-4-13(8-6-9-13)11-14-10-5-7-12(2)3/h12,14H,4-11H2,1-3H3. The fourth-order valence-corrected chi connectivity index (χ4v) is 2.32. The minimum Gasteiger partial charge on any atom is -0.316 e. The number of nitrogens with one attached hydrogen (secondary N) is 1. The van der Waals surface area contributed by atoms with Crippen LogP contribution in [-0.4, -0.2) is 13.1 Å². The van der Waals surface area contributed by atoms with E-state index in [9.17, 15) is 0 Å². The van der Waals surface area contributed by atoms with Gasteiger partial charge in [-0.05, 0) is 50.0 Å². The lowest BCUT2D eigenvalue weighted by atomic mass is 9.67. The predicted molar refractivity (Wildman–Crippen MR) is 63.5 cm³/mol. The second-order valence-electron chi connectivity index (χ2n) is 5.42. The maximum absolute atomic E-state index is 3.63. The molecule has 1 heteroatoms. The van der Waals surface area contributed by atoms with Crippen LogP contribution < -0.4 is 5.32 Å². The molecule has 1 nitrogen and oxygen atoms in total. The molecule has 0 amide bonds. The van der Waals surface area contributed by atoms with Gasteiger partial charge in [0.2, 0.25) is 0 Å². The highest BCUT2D eigenvalue weighted by Gasteiger charge is 2.34. The van der Waals surface area contributed by atoms with Gasteiger partial charge in [-0.1, -0.05) is 27.2 Å². The fraction of sp³-hybridized carbons (Fsp3) is 1.00. The fourth-order valence-electron chi connectivity index (χ4n) is 2.32. The third kappa shape index (κ3) is 3.61.